The van der Waals surface area contributed by atoms with Gasteiger partial charge in [-0.1, -0.05) is 19.9 Å². The fourth-order valence-corrected chi connectivity index (χ4v) is 3.04. The summed E-state index contributed by atoms with van der Waals surface area (Å²) in [6.45, 7) is 8.54. The largest absolute Gasteiger partial charge is 0.493 e. The van der Waals surface area contributed by atoms with Crippen LogP contribution in [-0.4, -0.2) is 51.5 Å². The van der Waals surface area contributed by atoms with E-state index in [2.05, 4.69) is 30.9 Å². The summed E-state index contributed by atoms with van der Waals surface area (Å²) in [5.74, 6) is 1.53. The molecule has 0 radical (unpaired) electrons. The Labute approximate surface area is 139 Å². The van der Waals surface area contributed by atoms with E-state index in [4.69, 9.17) is 19.9 Å². The molecule has 0 spiro atoms. The van der Waals surface area contributed by atoms with Crippen molar-refractivity contribution in [3.63, 3.8) is 0 Å². The molecule has 1 saturated heterocycles. The number of rotatable bonds is 7. The standard InChI is InChI=1S/C18H30N2O3/c1-18(2)13-20(8-7-17(18)19)12-14-5-6-15(16(11-14)22-4)23-10-9-21-3/h5-6,11,17H,7-10,12-13,19H2,1-4H3. The van der Waals surface area contributed by atoms with Crippen molar-refractivity contribution in [1.82, 2.24) is 4.90 Å². The molecule has 5 nitrogen and oxygen atoms in total. The molecular formula is C18H30N2O3. The Bertz CT molecular complexity index is 505. The highest BCUT2D eigenvalue weighted by Crippen LogP contribution is 2.31. The topological polar surface area (TPSA) is 57.0 Å². The maximum Gasteiger partial charge on any atom is 0.161 e. The van der Waals surface area contributed by atoms with E-state index >= 15 is 0 Å². The molecule has 1 aliphatic heterocycles. The minimum Gasteiger partial charge on any atom is -0.493 e. The van der Waals surface area contributed by atoms with Crippen LogP contribution in [-0.2, 0) is 11.3 Å². The van der Waals surface area contributed by atoms with Crippen molar-refractivity contribution in [2.45, 2.75) is 32.9 Å². The van der Waals surface area contributed by atoms with Crippen LogP contribution in [0.15, 0.2) is 18.2 Å². The first-order valence-electron chi connectivity index (χ1n) is 8.23. The van der Waals surface area contributed by atoms with Crippen molar-refractivity contribution in [2.24, 2.45) is 11.1 Å². The Balaban J connectivity index is 2.00. The van der Waals surface area contributed by atoms with E-state index in [1.165, 1.54) is 5.56 Å². The summed E-state index contributed by atoms with van der Waals surface area (Å²) in [5.41, 5.74) is 7.61. The molecule has 5 heteroatoms. The van der Waals surface area contributed by atoms with Crippen LogP contribution in [0.3, 0.4) is 0 Å². The van der Waals surface area contributed by atoms with Crippen LogP contribution in [0.2, 0.25) is 0 Å². The number of piperidine rings is 1. The van der Waals surface area contributed by atoms with E-state index in [1.54, 1.807) is 14.2 Å². The maximum absolute atomic E-state index is 6.22. The first-order valence-corrected chi connectivity index (χ1v) is 8.23. The van der Waals surface area contributed by atoms with Gasteiger partial charge in [-0.25, -0.2) is 0 Å². The Kier molecular flexibility index (Phi) is 6.27. The third kappa shape index (κ3) is 4.83. The molecular weight excluding hydrogens is 292 g/mol. The third-order valence-electron chi connectivity index (χ3n) is 4.57. The van der Waals surface area contributed by atoms with E-state index in [9.17, 15) is 0 Å². The van der Waals surface area contributed by atoms with Gasteiger partial charge in [0, 0.05) is 32.8 Å². The molecule has 23 heavy (non-hydrogen) atoms. The van der Waals surface area contributed by atoms with E-state index in [0.29, 0.717) is 13.2 Å². The van der Waals surface area contributed by atoms with Crippen LogP contribution < -0.4 is 15.2 Å². The average Bonchev–Trinajstić information content (AvgIpc) is 2.52. The van der Waals surface area contributed by atoms with Crippen LogP contribution in [0.5, 0.6) is 11.5 Å². The maximum atomic E-state index is 6.22. The average molecular weight is 322 g/mol. The Morgan fingerprint density at radius 3 is 2.65 bits per heavy atom. The fraction of sp³-hybridized carbons (Fsp3) is 0.667. The number of hydrogen-bond acceptors (Lipinski definition) is 5. The molecule has 2 N–H and O–H groups in total. The lowest BCUT2D eigenvalue weighted by Crippen LogP contribution is -2.52. The van der Waals surface area contributed by atoms with Crippen molar-refractivity contribution in [2.75, 3.05) is 40.5 Å². The van der Waals surface area contributed by atoms with Crippen LogP contribution in [0.1, 0.15) is 25.8 Å². The molecule has 130 valence electrons. The van der Waals surface area contributed by atoms with E-state index in [0.717, 1.165) is 37.6 Å². The molecule has 1 fully saturated rings. The molecule has 0 bridgehead atoms. The lowest BCUT2D eigenvalue weighted by molar-refractivity contribution is 0.0898. The molecule has 0 aliphatic carbocycles. The first-order chi connectivity index (χ1) is 11.0. The lowest BCUT2D eigenvalue weighted by Gasteiger charge is -2.42. The number of nitrogens with two attached hydrogens (primary N) is 1. The van der Waals surface area contributed by atoms with Crippen LogP contribution >= 0.6 is 0 Å². The monoisotopic (exact) mass is 322 g/mol. The van der Waals surface area contributed by atoms with Gasteiger partial charge in [-0.2, -0.15) is 0 Å². The van der Waals surface area contributed by atoms with Gasteiger partial charge in [-0.05, 0) is 29.5 Å². The third-order valence-corrected chi connectivity index (χ3v) is 4.57. The molecule has 1 heterocycles. The molecule has 0 aromatic heterocycles. The van der Waals surface area contributed by atoms with E-state index in [1.807, 2.05) is 6.07 Å². The second-order valence-electron chi connectivity index (χ2n) is 6.92. The second-order valence-corrected chi connectivity index (χ2v) is 6.92. The molecule has 1 atom stereocenters. The predicted octanol–water partition coefficient (Wildman–Crippen LogP) is 2.28. The normalized spacial score (nSPS) is 21.2. The van der Waals surface area contributed by atoms with Crippen molar-refractivity contribution >= 4 is 0 Å². The smallest absolute Gasteiger partial charge is 0.161 e. The molecule has 0 amide bonds. The highest BCUT2D eigenvalue weighted by molar-refractivity contribution is 5.43. The Morgan fingerprint density at radius 1 is 1.22 bits per heavy atom. The molecule has 1 unspecified atom stereocenters. The quantitative estimate of drug-likeness (QED) is 0.781. The summed E-state index contributed by atoms with van der Waals surface area (Å²) in [5, 5.41) is 0. The lowest BCUT2D eigenvalue weighted by atomic mass is 9.79. The van der Waals surface area contributed by atoms with Gasteiger partial charge in [-0.15, -0.1) is 0 Å². The highest BCUT2D eigenvalue weighted by atomic mass is 16.5. The number of ether oxygens (including phenoxy) is 3. The zero-order chi connectivity index (χ0) is 16.9. The van der Waals surface area contributed by atoms with Crippen LogP contribution in [0.25, 0.3) is 0 Å². The van der Waals surface area contributed by atoms with E-state index in [-0.39, 0.29) is 11.5 Å². The van der Waals surface area contributed by atoms with Gasteiger partial charge in [0.05, 0.1) is 13.7 Å². The zero-order valence-corrected chi connectivity index (χ0v) is 14.8. The summed E-state index contributed by atoms with van der Waals surface area (Å²) in [7, 11) is 3.33. The second kappa shape index (κ2) is 7.99. The molecule has 1 aliphatic rings. The summed E-state index contributed by atoms with van der Waals surface area (Å²) in [4.78, 5) is 2.46. The van der Waals surface area contributed by atoms with Crippen LogP contribution in [0, 0.1) is 5.41 Å². The van der Waals surface area contributed by atoms with Gasteiger partial charge < -0.3 is 19.9 Å². The molecule has 1 aromatic rings. The first kappa shape index (κ1) is 18.0. The summed E-state index contributed by atoms with van der Waals surface area (Å²) < 4.78 is 16.1. The van der Waals surface area contributed by atoms with Crippen molar-refractivity contribution in [3.05, 3.63) is 23.8 Å². The van der Waals surface area contributed by atoms with E-state index < -0.39 is 0 Å². The number of benzene rings is 1. The number of methoxy groups -OCH3 is 2. The highest BCUT2D eigenvalue weighted by Gasteiger charge is 2.33. The van der Waals surface area contributed by atoms with Crippen molar-refractivity contribution < 1.29 is 14.2 Å². The number of likely N-dealkylation sites (tertiary alicyclic amines) is 1. The predicted molar refractivity (Wildman–Crippen MR) is 92.0 cm³/mol. The summed E-state index contributed by atoms with van der Waals surface area (Å²) in [6.07, 6.45) is 1.04. The van der Waals surface area contributed by atoms with Crippen molar-refractivity contribution in [1.29, 1.82) is 0 Å². The van der Waals surface area contributed by atoms with Gasteiger partial charge in [-0.3, -0.25) is 4.90 Å². The molecule has 2 rings (SSSR count). The molecule has 0 saturated carbocycles. The number of nitrogens with zero attached hydrogens (tertiary/aromatic N) is 1. The summed E-state index contributed by atoms with van der Waals surface area (Å²) >= 11 is 0. The minimum atomic E-state index is 0.158. The van der Waals surface area contributed by atoms with Gasteiger partial charge >= 0.3 is 0 Å². The van der Waals surface area contributed by atoms with Crippen molar-refractivity contribution in [3.8, 4) is 11.5 Å². The van der Waals surface area contributed by atoms with Gasteiger partial charge in [0.2, 0.25) is 0 Å². The Hall–Kier alpha value is -1.30. The number of hydrogen-bond donors (Lipinski definition) is 1. The Morgan fingerprint density at radius 2 is 2.00 bits per heavy atom. The fourth-order valence-electron chi connectivity index (χ4n) is 3.04. The van der Waals surface area contributed by atoms with Gasteiger partial charge in [0.1, 0.15) is 6.61 Å². The minimum absolute atomic E-state index is 0.158. The summed E-state index contributed by atoms with van der Waals surface area (Å²) in [6, 6.07) is 6.42. The molecule has 1 aromatic carbocycles. The van der Waals surface area contributed by atoms with Gasteiger partial charge in [0.15, 0.2) is 11.5 Å². The zero-order valence-electron chi connectivity index (χ0n) is 14.8. The van der Waals surface area contributed by atoms with Gasteiger partial charge in [0.25, 0.3) is 0 Å². The van der Waals surface area contributed by atoms with Crippen LogP contribution in [0.4, 0.5) is 0 Å². The SMILES string of the molecule is COCCOc1ccc(CN2CCC(N)C(C)(C)C2)cc1OC.